The van der Waals surface area contributed by atoms with Gasteiger partial charge in [-0.1, -0.05) is 20.3 Å². The highest BCUT2D eigenvalue weighted by Gasteiger charge is 2.24. The molecule has 0 rings (SSSR count). The van der Waals surface area contributed by atoms with Gasteiger partial charge in [0.2, 0.25) is 11.8 Å². The van der Waals surface area contributed by atoms with Crippen LogP contribution in [0, 0.1) is 0 Å². The average Bonchev–Trinajstić information content (AvgIpc) is 2.49. The molecule has 0 saturated carbocycles. The number of ketones is 1. The van der Waals surface area contributed by atoms with Crippen molar-refractivity contribution in [2.75, 3.05) is 13.6 Å². The molecular formula is C17H33N3O3. The minimum Gasteiger partial charge on any atom is -0.345 e. The summed E-state index contributed by atoms with van der Waals surface area (Å²) in [5, 5.41) is 8.65. The molecule has 0 saturated heterocycles. The second-order valence-corrected chi connectivity index (χ2v) is 5.93. The van der Waals surface area contributed by atoms with E-state index in [0.29, 0.717) is 19.3 Å². The smallest absolute Gasteiger partial charge is 0.243 e. The van der Waals surface area contributed by atoms with Crippen LogP contribution in [0.2, 0.25) is 0 Å². The molecule has 6 nitrogen and oxygen atoms in total. The molecule has 0 fully saturated rings. The van der Waals surface area contributed by atoms with Crippen molar-refractivity contribution in [3.05, 3.63) is 0 Å². The number of unbranched alkanes of at least 4 members (excludes halogenated alkanes) is 1. The monoisotopic (exact) mass is 327 g/mol. The molecule has 0 radical (unpaired) electrons. The molecule has 0 bridgehead atoms. The topological polar surface area (TPSA) is 87.3 Å². The number of carbonyl (C=O) groups excluding carboxylic acids is 3. The van der Waals surface area contributed by atoms with Gasteiger partial charge in [-0.05, 0) is 52.6 Å². The average molecular weight is 327 g/mol. The molecular weight excluding hydrogens is 294 g/mol. The van der Waals surface area contributed by atoms with E-state index in [2.05, 4.69) is 16.0 Å². The maximum Gasteiger partial charge on any atom is 0.243 e. The van der Waals surface area contributed by atoms with E-state index >= 15 is 0 Å². The van der Waals surface area contributed by atoms with Gasteiger partial charge < -0.3 is 16.0 Å². The molecule has 2 atom stereocenters. The van der Waals surface area contributed by atoms with Crippen LogP contribution in [-0.2, 0) is 14.4 Å². The molecule has 23 heavy (non-hydrogen) atoms. The Morgan fingerprint density at radius 2 is 1.61 bits per heavy atom. The Kier molecular flexibility index (Phi) is 12.2. The second-order valence-electron chi connectivity index (χ2n) is 5.93. The van der Waals surface area contributed by atoms with Crippen LogP contribution >= 0.6 is 0 Å². The van der Waals surface area contributed by atoms with E-state index in [1.54, 1.807) is 0 Å². The summed E-state index contributed by atoms with van der Waals surface area (Å²) in [5.74, 6) is -0.419. The lowest BCUT2D eigenvalue weighted by molar-refractivity contribution is -0.131. The third kappa shape index (κ3) is 10.0. The highest BCUT2D eigenvalue weighted by molar-refractivity contribution is 5.91. The van der Waals surface area contributed by atoms with E-state index in [1.165, 1.54) is 6.92 Å². The zero-order valence-electron chi connectivity index (χ0n) is 15.0. The Balaban J connectivity index is 4.68. The highest BCUT2D eigenvalue weighted by Crippen LogP contribution is 2.05. The van der Waals surface area contributed by atoms with Gasteiger partial charge in [-0.3, -0.25) is 14.4 Å². The number of hydrogen-bond donors (Lipinski definition) is 3. The predicted octanol–water partition coefficient (Wildman–Crippen LogP) is 1.53. The summed E-state index contributed by atoms with van der Waals surface area (Å²) in [7, 11) is 1.88. The van der Waals surface area contributed by atoms with Gasteiger partial charge in [0.05, 0.1) is 6.04 Å². The van der Waals surface area contributed by atoms with Gasteiger partial charge >= 0.3 is 0 Å². The summed E-state index contributed by atoms with van der Waals surface area (Å²) in [6, 6.07) is -1.03. The molecule has 0 aromatic carbocycles. The van der Waals surface area contributed by atoms with Gasteiger partial charge in [-0.2, -0.15) is 0 Å². The lowest BCUT2D eigenvalue weighted by Crippen LogP contribution is -2.51. The van der Waals surface area contributed by atoms with Crippen molar-refractivity contribution in [1.29, 1.82) is 0 Å². The fourth-order valence-electron chi connectivity index (χ4n) is 2.35. The first-order valence-corrected chi connectivity index (χ1v) is 8.70. The summed E-state index contributed by atoms with van der Waals surface area (Å²) in [6.07, 6.45) is 4.95. The largest absolute Gasteiger partial charge is 0.345 e. The minimum absolute atomic E-state index is 0.0472. The number of amides is 2. The van der Waals surface area contributed by atoms with Crippen LogP contribution in [0.1, 0.15) is 65.7 Å². The van der Waals surface area contributed by atoms with Crippen LogP contribution < -0.4 is 16.0 Å². The molecule has 0 aliphatic carbocycles. The fourth-order valence-corrected chi connectivity index (χ4v) is 2.35. The maximum atomic E-state index is 12.4. The van der Waals surface area contributed by atoms with Gasteiger partial charge in [0.25, 0.3) is 0 Å². The SMILES string of the molecule is CCCC(=O)NC(CCCCNC)C(=O)NC(CCC)C(C)=O. The van der Waals surface area contributed by atoms with Crippen molar-refractivity contribution in [2.45, 2.75) is 77.8 Å². The molecule has 6 heteroatoms. The quantitative estimate of drug-likeness (QED) is 0.448. The lowest BCUT2D eigenvalue weighted by Gasteiger charge is -2.22. The molecule has 2 amide bonds. The zero-order valence-corrected chi connectivity index (χ0v) is 15.0. The minimum atomic E-state index is -0.565. The number of Topliss-reactive ketones (excluding diaryl/α,β-unsaturated/α-hetero) is 1. The molecule has 0 heterocycles. The van der Waals surface area contributed by atoms with E-state index in [1.807, 2.05) is 20.9 Å². The first-order chi connectivity index (χ1) is 11.0. The Bertz CT molecular complexity index is 372. The summed E-state index contributed by atoms with van der Waals surface area (Å²) >= 11 is 0. The first-order valence-electron chi connectivity index (χ1n) is 8.70. The van der Waals surface area contributed by atoms with Gasteiger partial charge in [-0.15, -0.1) is 0 Å². The first kappa shape index (κ1) is 21.6. The molecule has 0 aromatic heterocycles. The summed E-state index contributed by atoms with van der Waals surface area (Å²) in [4.78, 5) is 35.9. The predicted molar refractivity (Wildman–Crippen MR) is 92.1 cm³/mol. The third-order valence-electron chi connectivity index (χ3n) is 3.68. The van der Waals surface area contributed by atoms with Crippen LogP contribution in [0.15, 0.2) is 0 Å². The van der Waals surface area contributed by atoms with E-state index in [0.717, 1.165) is 32.2 Å². The van der Waals surface area contributed by atoms with Gasteiger partial charge in [0.15, 0.2) is 5.78 Å². The highest BCUT2D eigenvalue weighted by atomic mass is 16.2. The van der Waals surface area contributed by atoms with Crippen molar-refractivity contribution in [3.63, 3.8) is 0 Å². The van der Waals surface area contributed by atoms with Gasteiger partial charge in [0.1, 0.15) is 6.04 Å². The molecule has 0 spiro atoms. The van der Waals surface area contributed by atoms with Gasteiger partial charge in [-0.25, -0.2) is 0 Å². The molecule has 0 aromatic rings. The molecule has 0 aliphatic heterocycles. The maximum absolute atomic E-state index is 12.4. The van der Waals surface area contributed by atoms with Crippen molar-refractivity contribution in [1.82, 2.24) is 16.0 Å². The Labute approximate surface area is 140 Å². The number of carbonyl (C=O) groups is 3. The Morgan fingerprint density at radius 1 is 0.913 bits per heavy atom. The summed E-state index contributed by atoms with van der Waals surface area (Å²) in [5.41, 5.74) is 0. The van der Waals surface area contributed by atoms with Crippen molar-refractivity contribution < 1.29 is 14.4 Å². The van der Waals surface area contributed by atoms with Crippen molar-refractivity contribution >= 4 is 17.6 Å². The number of hydrogen-bond acceptors (Lipinski definition) is 4. The van der Waals surface area contributed by atoms with Crippen LogP contribution in [0.25, 0.3) is 0 Å². The van der Waals surface area contributed by atoms with Crippen molar-refractivity contribution in [2.24, 2.45) is 0 Å². The molecule has 134 valence electrons. The van der Waals surface area contributed by atoms with Crippen LogP contribution in [0.4, 0.5) is 0 Å². The van der Waals surface area contributed by atoms with E-state index < -0.39 is 12.1 Å². The van der Waals surface area contributed by atoms with Gasteiger partial charge in [0, 0.05) is 6.42 Å². The lowest BCUT2D eigenvalue weighted by atomic mass is 10.0. The molecule has 3 N–H and O–H groups in total. The van der Waals surface area contributed by atoms with E-state index in [9.17, 15) is 14.4 Å². The Hall–Kier alpha value is -1.43. The van der Waals surface area contributed by atoms with Crippen LogP contribution in [-0.4, -0.2) is 43.3 Å². The normalized spacial score (nSPS) is 13.2. The van der Waals surface area contributed by atoms with Crippen molar-refractivity contribution in [3.8, 4) is 0 Å². The second kappa shape index (κ2) is 13.0. The van der Waals surface area contributed by atoms with E-state index in [4.69, 9.17) is 0 Å². The summed E-state index contributed by atoms with van der Waals surface area (Å²) < 4.78 is 0. The zero-order chi connectivity index (χ0) is 17.7. The molecule has 2 unspecified atom stereocenters. The van der Waals surface area contributed by atoms with E-state index in [-0.39, 0.29) is 17.6 Å². The fraction of sp³-hybridized carbons (Fsp3) is 0.824. The standard InChI is InChI=1S/C17H33N3O3/c1-5-9-14(13(3)21)20-17(23)15(11-7-8-12-18-4)19-16(22)10-6-2/h14-15,18H,5-12H2,1-4H3,(H,19,22)(H,20,23). The number of rotatable bonds is 13. The molecule has 0 aliphatic rings. The van der Waals surface area contributed by atoms with Crippen LogP contribution in [0.5, 0.6) is 0 Å². The summed E-state index contributed by atoms with van der Waals surface area (Å²) in [6.45, 7) is 6.26. The third-order valence-corrected chi connectivity index (χ3v) is 3.68. The number of nitrogens with one attached hydrogen (secondary N) is 3. The Morgan fingerprint density at radius 3 is 2.13 bits per heavy atom. The van der Waals surface area contributed by atoms with Crippen LogP contribution in [0.3, 0.4) is 0 Å².